The van der Waals surface area contributed by atoms with Gasteiger partial charge in [0, 0.05) is 0 Å². The van der Waals surface area contributed by atoms with Crippen molar-refractivity contribution in [1.82, 2.24) is 0 Å². The summed E-state index contributed by atoms with van der Waals surface area (Å²) >= 11 is 4.80. The number of hydrogen-bond donors (Lipinski definition) is 0. The van der Waals surface area contributed by atoms with E-state index in [0.29, 0.717) is 6.42 Å². The Kier molecular flexibility index (Phi) is 2.57. The minimum absolute atomic E-state index is 0. The number of alkyl halides is 2. The van der Waals surface area contributed by atoms with Crippen LogP contribution in [0.2, 0.25) is 0 Å². The van der Waals surface area contributed by atoms with Crippen LogP contribution in [-0.4, -0.2) is 5.63 Å². The molecule has 1 atom stereocenters. The van der Waals surface area contributed by atoms with Gasteiger partial charge < -0.3 is 0 Å². The van der Waals surface area contributed by atoms with E-state index in [1.54, 1.807) is 6.92 Å². The van der Waals surface area contributed by atoms with E-state index in [2.05, 4.69) is 0 Å². The largest absolute Gasteiger partial charge is 1.00 e. The molecule has 5 heavy (non-hydrogen) atoms. The molecule has 1 unspecified atom stereocenters. The molecule has 0 saturated carbocycles. The predicted molar refractivity (Wildman–Crippen MR) is 22.2 cm³/mol. The third-order valence-corrected chi connectivity index (χ3v) is 0.617. The van der Waals surface area contributed by atoms with Crippen LogP contribution in [0.5, 0.6) is 0 Å². The van der Waals surface area contributed by atoms with Gasteiger partial charge in [-0.3, -0.25) is 0 Å². The van der Waals surface area contributed by atoms with Gasteiger partial charge in [-0.05, 0) is 6.42 Å². The molecule has 2 heteroatoms. The summed E-state index contributed by atoms with van der Waals surface area (Å²) in [5, 5.41) is 0. The van der Waals surface area contributed by atoms with E-state index in [0.717, 1.165) is 0 Å². The van der Waals surface area contributed by atoms with Crippen molar-refractivity contribution < 1.29 is 5.82 Å². The lowest BCUT2D eigenvalue weighted by Gasteiger charge is -1.83. The van der Waals surface area contributed by atoms with Crippen LogP contribution in [-0.2, 0) is 0 Å². The highest BCUT2D eigenvalue weighted by Crippen LogP contribution is 1.98. The van der Waals surface area contributed by atoms with Gasteiger partial charge >= 0.3 is 1.43 Å². The molecule has 0 aliphatic heterocycles. The van der Waals surface area contributed by atoms with Crippen LogP contribution in [0.15, 0.2) is 0 Å². The molecule has 0 saturated heterocycles. The molecule has 0 aromatic rings. The Labute approximate surface area is 37.4 Å². The van der Waals surface area contributed by atoms with Gasteiger partial charge in [-0.15, -0.1) is 0 Å². The van der Waals surface area contributed by atoms with E-state index >= 15 is 0 Å². The van der Waals surface area contributed by atoms with Gasteiger partial charge in [-0.1, -0.05) is 18.5 Å². The molecule has 32 valence electrons. The molecule has 0 bridgehead atoms. The first-order chi connectivity index (χ1) is 2.27. The topological polar surface area (TPSA) is 0 Å². The van der Waals surface area contributed by atoms with Gasteiger partial charge in [0.2, 0.25) is 0 Å². The third-order valence-electron chi connectivity index (χ3n) is 0.309. The van der Waals surface area contributed by atoms with Gasteiger partial charge in [0.15, 0.2) is 5.63 Å². The molecule has 0 aromatic heterocycles. The number of halogens is 2. The zero-order valence-corrected chi connectivity index (χ0v) is 3.80. The maximum atomic E-state index is 11.2. The van der Waals surface area contributed by atoms with E-state index in [-0.39, 0.29) is 1.43 Å². The van der Waals surface area contributed by atoms with Crippen molar-refractivity contribution in [2.75, 3.05) is 0 Å². The highest BCUT2D eigenvalue weighted by atomic mass is 35.5. The summed E-state index contributed by atoms with van der Waals surface area (Å²) in [7, 11) is 0. The van der Waals surface area contributed by atoms with Crippen LogP contribution in [0.1, 0.15) is 14.8 Å². The van der Waals surface area contributed by atoms with Gasteiger partial charge in [-0.25, -0.2) is 4.39 Å². The first-order valence-corrected chi connectivity index (χ1v) is 1.99. The first-order valence-electron chi connectivity index (χ1n) is 1.55. The fourth-order valence-corrected chi connectivity index (χ4v) is 0. The quantitative estimate of drug-likeness (QED) is 0.440. The summed E-state index contributed by atoms with van der Waals surface area (Å²) in [6.07, 6.45) is 0.404. The summed E-state index contributed by atoms with van der Waals surface area (Å²) < 4.78 is 11.2. The standard InChI is InChI=1S/C3H6ClF/c1-2-3(4)5/h3H,2H2,1H3/p+1. The van der Waals surface area contributed by atoms with Gasteiger partial charge in [0.1, 0.15) is 0 Å². The smallest absolute Gasteiger partial charge is 0.230 e. The van der Waals surface area contributed by atoms with Gasteiger partial charge in [0.25, 0.3) is 0 Å². The van der Waals surface area contributed by atoms with Crippen LogP contribution in [0.3, 0.4) is 0 Å². The fraction of sp³-hybridized carbons (Fsp3) is 1.00. The van der Waals surface area contributed by atoms with Crippen molar-refractivity contribution in [3.05, 3.63) is 0 Å². The summed E-state index contributed by atoms with van der Waals surface area (Å²) in [5.41, 5.74) is -1.14. The second-order valence-corrected chi connectivity index (χ2v) is 1.27. The van der Waals surface area contributed by atoms with E-state index in [1.807, 2.05) is 0 Å². The number of rotatable bonds is 1. The molecular formula is C3H7ClF+. The minimum atomic E-state index is -1.14. The van der Waals surface area contributed by atoms with E-state index < -0.39 is 5.63 Å². The predicted octanol–water partition coefficient (Wildman–Crippen LogP) is 2.04. The monoisotopic (exact) mass is 97.0 g/mol. The Bertz CT molecular complexity index is 24.8. The SMILES string of the molecule is CCC(F)Cl.[H+]. The van der Waals surface area contributed by atoms with Crippen molar-refractivity contribution >= 4 is 11.6 Å². The van der Waals surface area contributed by atoms with Crippen LogP contribution < -0.4 is 0 Å². The molecule has 0 radical (unpaired) electrons. The summed E-state index contributed by atoms with van der Waals surface area (Å²) in [6.45, 7) is 1.69. The molecule has 0 rings (SSSR count). The normalized spacial score (nSPS) is 15.0. The molecule has 0 aromatic carbocycles. The van der Waals surface area contributed by atoms with E-state index in [9.17, 15) is 4.39 Å². The lowest BCUT2D eigenvalue weighted by atomic mass is 10.6. The zero-order valence-electron chi connectivity index (χ0n) is 4.04. The lowest BCUT2D eigenvalue weighted by molar-refractivity contribution is 0.434. The Morgan fingerprint density at radius 1 is 2.20 bits per heavy atom. The fourth-order valence-electron chi connectivity index (χ4n) is 0. The first kappa shape index (κ1) is 5.22. The third kappa shape index (κ3) is 4.22. The minimum Gasteiger partial charge on any atom is -0.230 e. The summed E-state index contributed by atoms with van der Waals surface area (Å²) in [5.74, 6) is 0. The molecule has 0 aliphatic carbocycles. The highest BCUT2D eigenvalue weighted by Gasteiger charge is 1.88. The molecule has 0 spiro atoms. The van der Waals surface area contributed by atoms with Crippen LogP contribution in [0.25, 0.3) is 0 Å². The maximum Gasteiger partial charge on any atom is 1.00 e. The maximum absolute atomic E-state index is 11.2. The zero-order chi connectivity index (χ0) is 4.28. The van der Waals surface area contributed by atoms with Gasteiger partial charge in [-0.2, -0.15) is 0 Å². The van der Waals surface area contributed by atoms with Crippen molar-refractivity contribution in [2.45, 2.75) is 19.0 Å². The molecular weight excluding hydrogens is 90.5 g/mol. The summed E-state index contributed by atoms with van der Waals surface area (Å²) in [6, 6.07) is 0. The Morgan fingerprint density at radius 2 is 2.40 bits per heavy atom. The Balaban J connectivity index is 0. The van der Waals surface area contributed by atoms with Gasteiger partial charge in [0.05, 0.1) is 0 Å². The van der Waals surface area contributed by atoms with Crippen LogP contribution in [0, 0.1) is 0 Å². The Hall–Kier alpha value is 0.220. The molecule has 0 fully saturated rings. The Morgan fingerprint density at radius 3 is 2.40 bits per heavy atom. The summed E-state index contributed by atoms with van der Waals surface area (Å²) in [4.78, 5) is 0. The average molecular weight is 97.5 g/mol. The van der Waals surface area contributed by atoms with Crippen molar-refractivity contribution in [1.29, 1.82) is 0 Å². The number of hydrogen-bond acceptors (Lipinski definition) is 0. The molecule has 0 amide bonds. The van der Waals surface area contributed by atoms with Crippen LogP contribution >= 0.6 is 11.6 Å². The van der Waals surface area contributed by atoms with Crippen molar-refractivity contribution in [3.8, 4) is 0 Å². The second-order valence-electron chi connectivity index (χ2n) is 0.799. The van der Waals surface area contributed by atoms with Crippen molar-refractivity contribution in [3.63, 3.8) is 0 Å². The highest BCUT2D eigenvalue weighted by molar-refractivity contribution is 6.19. The lowest BCUT2D eigenvalue weighted by Crippen LogP contribution is -1.78. The van der Waals surface area contributed by atoms with Crippen LogP contribution in [0.4, 0.5) is 4.39 Å². The van der Waals surface area contributed by atoms with E-state index in [4.69, 9.17) is 11.6 Å². The molecule has 0 nitrogen and oxygen atoms in total. The second kappa shape index (κ2) is 2.46. The molecule has 0 N–H and O–H groups in total. The molecule has 0 heterocycles. The van der Waals surface area contributed by atoms with Crippen molar-refractivity contribution in [2.24, 2.45) is 0 Å². The van der Waals surface area contributed by atoms with E-state index in [1.165, 1.54) is 0 Å². The molecule has 0 aliphatic rings. The average Bonchev–Trinajstić information content (AvgIpc) is 1.38.